The Morgan fingerprint density at radius 3 is 2.29 bits per heavy atom. The maximum atomic E-state index is 12.3. The van der Waals surface area contributed by atoms with Crippen LogP contribution in [0.3, 0.4) is 0 Å². The first-order valence-corrected chi connectivity index (χ1v) is 5.60. The normalized spacial score (nSPS) is 12.9. The molecule has 0 aromatic rings. The van der Waals surface area contributed by atoms with Gasteiger partial charge in [-0.25, -0.2) is 0 Å². The molecule has 0 heterocycles. The third-order valence-electron chi connectivity index (χ3n) is 2.21. The first kappa shape index (κ1) is 15.8. The van der Waals surface area contributed by atoms with Crippen LogP contribution in [-0.4, -0.2) is 30.1 Å². The molecular weight excluding hydrogens is 233 g/mol. The van der Waals surface area contributed by atoms with E-state index >= 15 is 0 Å². The molecule has 0 saturated carbocycles. The van der Waals surface area contributed by atoms with Crippen molar-refractivity contribution in [2.75, 3.05) is 13.1 Å². The average Bonchev–Trinajstić information content (AvgIpc) is 2.22. The topological polar surface area (TPSA) is 44.1 Å². The van der Waals surface area contributed by atoms with Gasteiger partial charge in [0.25, 0.3) is 0 Å². The average molecular weight is 250 g/mol. The third-order valence-corrected chi connectivity index (χ3v) is 2.21. The summed E-state index contributed by atoms with van der Waals surface area (Å²) >= 11 is 0. The molecule has 1 amide bonds. The van der Waals surface area contributed by atoms with Gasteiger partial charge in [0.15, 0.2) is 0 Å². The second-order valence-corrected chi connectivity index (χ2v) is 3.85. The minimum absolute atomic E-state index is 0.0280. The molecule has 0 bridgehead atoms. The van der Waals surface area contributed by atoms with Crippen molar-refractivity contribution in [1.82, 2.24) is 4.90 Å². The van der Waals surface area contributed by atoms with Crippen molar-refractivity contribution in [3.8, 4) is 6.07 Å². The molecule has 0 aromatic heterocycles. The first-order valence-electron chi connectivity index (χ1n) is 5.60. The monoisotopic (exact) mass is 250 g/mol. The molecule has 0 aliphatic rings. The van der Waals surface area contributed by atoms with Crippen molar-refractivity contribution in [3.05, 3.63) is 0 Å². The van der Waals surface area contributed by atoms with Gasteiger partial charge < -0.3 is 4.90 Å². The molecule has 0 rings (SSSR count). The first-order chi connectivity index (χ1) is 7.85. The summed E-state index contributed by atoms with van der Waals surface area (Å²) in [6, 6.07) is 1.77. The summed E-state index contributed by atoms with van der Waals surface area (Å²) in [6.45, 7) is 2.23. The summed E-state index contributed by atoms with van der Waals surface area (Å²) in [5.41, 5.74) is 0. The van der Waals surface area contributed by atoms with Gasteiger partial charge >= 0.3 is 6.18 Å². The molecule has 0 spiro atoms. The van der Waals surface area contributed by atoms with Crippen molar-refractivity contribution in [3.63, 3.8) is 0 Å². The van der Waals surface area contributed by atoms with Gasteiger partial charge in [0, 0.05) is 6.54 Å². The molecule has 17 heavy (non-hydrogen) atoms. The van der Waals surface area contributed by atoms with Crippen LogP contribution >= 0.6 is 0 Å². The van der Waals surface area contributed by atoms with Crippen molar-refractivity contribution < 1.29 is 18.0 Å². The van der Waals surface area contributed by atoms with E-state index in [0.29, 0.717) is 19.3 Å². The number of nitrogens with zero attached hydrogens (tertiary/aromatic N) is 2. The fraction of sp³-hybridized carbons (Fsp3) is 0.818. The summed E-state index contributed by atoms with van der Waals surface area (Å²) in [5.74, 6) is -1.68. The number of carbonyl (C=O) groups is 1. The quantitative estimate of drug-likeness (QED) is 0.727. The molecule has 0 fully saturated rings. The van der Waals surface area contributed by atoms with E-state index in [1.165, 1.54) is 0 Å². The largest absolute Gasteiger partial charge is 0.406 e. The van der Waals surface area contributed by atoms with E-state index < -0.39 is 24.5 Å². The van der Waals surface area contributed by atoms with E-state index in [1.807, 2.05) is 0 Å². The fourth-order valence-corrected chi connectivity index (χ4v) is 1.51. The molecular formula is C11H17F3N2O. The van der Waals surface area contributed by atoms with Gasteiger partial charge in [-0.05, 0) is 12.8 Å². The predicted molar refractivity (Wildman–Crippen MR) is 56.9 cm³/mol. The van der Waals surface area contributed by atoms with Gasteiger partial charge in [-0.15, -0.1) is 0 Å². The van der Waals surface area contributed by atoms with E-state index in [2.05, 4.69) is 0 Å². The van der Waals surface area contributed by atoms with Gasteiger partial charge in [0.2, 0.25) is 5.91 Å². The Morgan fingerprint density at radius 1 is 1.35 bits per heavy atom. The standard InChI is InChI=1S/C11H17F3N2O/c1-3-5-9(7-15)10(17)16(6-4-2)8-11(12,13)14/h9H,3-6,8H2,1-2H3. The number of hydrogen-bond acceptors (Lipinski definition) is 2. The number of halogens is 3. The Labute approximate surface area is 99.2 Å². The van der Waals surface area contributed by atoms with E-state index in [-0.39, 0.29) is 6.54 Å². The van der Waals surface area contributed by atoms with Crippen LogP contribution in [0, 0.1) is 17.2 Å². The van der Waals surface area contributed by atoms with E-state index in [4.69, 9.17) is 5.26 Å². The minimum atomic E-state index is -4.42. The molecule has 0 N–H and O–H groups in total. The summed E-state index contributed by atoms with van der Waals surface area (Å²) in [6.07, 6.45) is -3.09. The highest BCUT2D eigenvalue weighted by molar-refractivity contribution is 5.81. The number of carbonyl (C=O) groups excluding carboxylic acids is 1. The highest BCUT2D eigenvalue weighted by atomic mass is 19.4. The lowest BCUT2D eigenvalue weighted by atomic mass is 10.0. The van der Waals surface area contributed by atoms with Crippen molar-refractivity contribution in [2.45, 2.75) is 39.3 Å². The van der Waals surface area contributed by atoms with Crippen LogP contribution in [0.1, 0.15) is 33.1 Å². The lowest BCUT2D eigenvalue weighted by molar-refractivity contribution is -0.162. The molecule has 0 aliphatic heterocycles. The maximum absolute atomic E-state index is 12.3. The Hall–Kier alpha value is -1.25. The zero-order valence-electron chi connectivity index (χ0n) is 10.0. The van der Waals surface area contributed by atoms with Crippen LogP contribution in [0.25, 0.3) is 0 Å². The molecule has 0 aliphatic carbocycles. The Kier molecular flexibility index (Phi) is 6.62. The molecule has 0 aromatic carbocycles. The van der Waals surface area contributed by atoms with Crippen LogP contribution < -0.4 is 0 Å². The molecule has 0 radical (unpaired) electrons. The highest BCUT2D eigenvalue weighted by Crippen LogP contribution is 2.19. The minimum Gasteiger partial charge on any atom is -0.332 e. The zero-order chi connectivity index (χ0) is 13.5. The molecule has 6 heteroatoms. The van der Waals surface area contributed by atoms with Gasteiger partial charge in [0.1, 0.15) is 12.5 Å². The lowest BCUT2D eigenvalue weighted by Crippen LogP contribution is -2.42. The molecule has 0 saturated heterocycles. The van der Waals surface area contributed by atoms with E-state index in [9.17, 15) is 18.0 Å². The SMILES string of the molecule is CCCC(C#N)C(=O)N(CCC)CC(F)(F)F. The molecule has 98 valence electrons. The number of alkyl halides is 3. The van der Waals surface area contributed by atoms with Crippen LogP contribution in [0.5, 0.6) is 0 Å². The summed E-state index contributed by atoms with van der Waals surface area (Å²) in [5, 5.41) is 8.76. The van der Waals surface area contributed by atoms with E-state index in [1.54, 1.807) is 19.9 Å². The van der Waals surface area contributed by atoms with Gasteiger partial charge in [-0.3, -0.25) is 4.79 Å². The fourth-order valence-electron chi connectivity index (χ4n) is 1.51. The number of amides is 1. The second-order valence-electron chi connectivity index (χ2n) is 3.85. The Balaban J connectivity index is 4.69. The number of rotatable bonds is 6. The molecule has 3 nitrogen and oxygen atoms in total. The Bertz CT molecular complexity index is 283. The van der Waals surface area contributed by atoms with Crippen LogP contribution in [0.2, 0.25) is 0 Å². The zero-order valence-corrected chi connectivity index (χ0v) is 10.0. The lowest BCUT2D eigenvalue weighted by Gasteiger charge is -2.25. The van der Waals surface area contributed by atoms with Crippen molar-refractivity contribution >= 4 is 5.91 Å². The van der Waals surface area contributed by atoms with Crippen LogP contribution in [0.4, 0.5) is 13.2 Å². The van der Waals surface area contributed by atoms with Crippen molar-refractivity contribution in [2.24, 2.45) is 5.92 Å². The summed E-state index contributed by atoms with van der Waals surface area (Å²) in [4.78, 5) is 12.5. The van der Waals surface area contributed by atoms with Gasteiger partial charge in [-0.2, -0.15) is 18.4 Å². The number of nitriles is 1. The smallest absolute Gasteiger partial charge is 0.332 e. The third kappa shape index (κ3) is 6.15. The molecule has 1 unspecified atom stereocenters. The Morgan fingerprint density at radius 2 is 1.94 bits per heavy atom. The van der Waals surface area contributed by atoms with Crippen LogP contribution in [0.15, 0.2) is 0 Å². The molecule has 1 atom stereocenters. The maximum Gasteiger partial charge on any atom is 0.406 e. The van der Waals surface area contributed by atoms with Crippen molar-refractivity contribution in [1.29, 1.82) is 5.26 Å². The predicted octanol–water partition coefficient (Wildman–Crippen LogP) is 2.73. The number of hydrogen-bond donors (Lipinski definition) is 0. The summed E-state index contributed by atoms with van der Waals surface area (Å²) < 4.78 is 36.8. The van der Waals surface area contributed by atoms with Crippen LogP contribution in [-0.2, 0) is 4.79 Å². The summed E-state index contributed by atoms with van der Waals surface area (Å²) in [7, 11) is 0. The second kappa shape index (κ2) is 7.15. The van der Waals surface area contributed by atoms with E-state index in [0.717, 1.165) is 4.90 Å². The van der Waals surface area contributed by atoms with Gasteiger partial charge in [-0.1, -0.05) is 20.3 Å². The van der Waals surface area contributed by atoms with Gasteiger partial charge in [0.05, 0.1) is 6.07 Å². The highest BCUT2D eigenvalue weighted by Gasteiger charge is 2.34.